The van der Waals surface area contributed by atoms with Gasteiger partial charge in [-0.1, -0.05) is 18.2 Å². The molecule has 1 aliphatic heterocycles. The Hall–Kier alpha value is -2.10. The van der Waals surface area contributed by atoms with Gasteiger partial charge in [0.15, 0.2) is 0 Å². The van der Waals surface area contributed by atoms with Gasteiger partial charge in [0, 0.05) is 37.5 Å². The summed E-state index contributed by atoms with van der Waals surface area (Å²) >= 11 is 0. The zero-order valence-corrected chi connectivity index (χ0v) is 12.0. The predicted molar refractivity (Wildman–Crippen MR) is 83.3 cm³/mol. The Bertz CT molecular complexity index is 673. The molecular formula is C17H19N3O. The molecule has 0 N–H and O–H groups in total. The molecule has 0 atom stereocenters. The van der Waals surface area contributed by atoms with Gasteiger partial charge in [0.05, 0.1) is 5.52 Å². The summed E-state index contributed by atoms with van der Waals surface area (Å²) in [6, 6.07) is 12.4. The fourth-order valence-electron chi connectivity index (χ4n) is 2.98. The maximum atomic E-state index is 12.1. The van der Waals surface area contributed by atoms with E-state index < -0.39 is 0 Å². The zero-order valence-electron chi connectivity index (χ0n) is 12.0. The molecule has 4 rings (SSSR count). The van der Waals surface area contributed by atoms with Crippen LogP contribution in [0.1, 0.15) is 12.8 Å². The SMILES string of the molecule is O=C(C1CC1)N1CCN(c2ccc3ccccc3n2)CC1. The monoisotopic (exact) mass is 281 g/mol. The van der Waals surface area contributed by atoms with Gasteiger partial charge in [-0.25, -0.2) is 4.98 Å². The molecule has 1 aromatic carbocycles. The maximum Gasteiger partial charge on any atom is 0.225 e. The number of fused-ring (bicyclic) bond motifs is 1. The Morgan fingerprint density at radius 3 is 2.52 bits per heavy atom. The summed E-state index contributed by atoms with van der Waals surface area (Å²) in [7, 11) is 0. The van der Waals surface area contributed by atoms with Crippen LogP contribution in [0.15, 0.2) is 36.4 Å². The Morgan fingerprint density at radius 1 is 1.00 bits per heavy atom. The lowest BCUT2D eigenvalue weighted by Gasteiger charge is -2.35. The highest BCUT2D eigenvalue weighted by atomic mass is 16.2. The molecule has 1 amide bonds. The largest absolute Gasteiger partial charge is 0.353 e. The first kappa shape index (κ1) is 12.6. The molecule has 21 heavy (non-hydrogen) atoms. The van der Waals surface area contributed by atoms with Gasteiger partial charge in [-0.05, 0) is 31.0 Å². The summed E-state index contributed by atoms with van der Waals surface area (Å²) < 4.78 is 0. The summed E-state index contributed by atoms with van der Waals surface area (Å²) in [5.74, 6) is 1.71. The van der Waals surface area contributed by atoms with E-state index in [9.17, 15) is 4.79 Å². The van der Waals surface area contributed by atoms with Crippen LogP contribution in [0.2, 0.25) is 0 Å². The molecular weight excluding hydrogens is 262 g/mol. The van der Waals surface area contributed by atoms with Gasteiger partial charge in [-0.3, -0.25) is 4.79 Å². The van der Waals surface area contributed by atoms with Gasteiger partial charge < -0.3 is 9.80 Å². The molecule has 2 aliphatic rings. The van der Waals surface area contributed by atoms with Gasteiger partial charge in [-0.2, -0.15) is 0 Å². The van der Waals surface area contributed by atoms with Crippen LogP contribution in [-0.2, 0) is 4.79 Å². The molecule has 0 bridgehead atoms. The molecule has 4 nitrogen and oxygen atoms in total. The zero-order chi connectivity index (χ0) is 14.2. The number of benzene rings is 1. The maximum absolute atomic E-state index is 12.1. The van der Waals surface area contributed by atoms with Crippen LogP contribution < -0.4 is 4.90 Å². The Kier molecular flexibility index (Phi) is 3.02. The molecule has 0 unspecified atom stereocenters. The van der Waals surface area contributed by atoms with Crippen LogP contribution in [-0.4, -0.2) is 42.0 Å². The van der Waals surface area contributed by atoms with Crippen molar-refractivity contribution in [3.8, 4) is 0 Å². The standard InChI is InChI=1S/C17H19N3O/c21-17(14-5-6-14)20-11-9-19(10-12-20)16-8-7-13-3-1-2-4-15(13)18-16/h1-4,7-8,14H,5-6,9-12H2. The number of pyridine rings is 1. The van der Waals surface area contributed by atoms with E-state index in [1.165, 1.54) is 5.39 Å². The van der Waals surface area contributed by atoms with E-state index in [-0.39, 0.29) is 0 Å². The van der Waals surface area contributed by atoms with Crippen LogP contribution in [0.25, 0.3) is 10.9 Å². The van der Waals surface area contributed by atoms with E-state index in [2.05, 4.69) is 23.1 Å². The van der Waals surface area contributed by atoms with Crippen molar-refractivity contribution in [3.05, 3.63) is 36.4 Å². The van der Waals surface area contributed by atoms with Crippen LogP contribution in [0.4, 0.5) is 5.82 Å². The number of para-hydroxylation sites is 1. The first-order valence-electron chi connectivity index (χ1n) is 7.71. The number of hydrogen-bond acceptors (Lipinski definition) is 3. The minimum Gasteiger partial charge on any atom is -0.353 e. The van der Waals surface area contributed by atoms with Crippen molar-refractivity contribution < 1.29 is 4.79 Å². The van der Waals surface area contributed by atoms with Crippen LogP contribution in [0.3, 0.4) is 0 Å². The van der Waals surface area contributed by atoms with Gasteiger partial charge in [-0.15, -0.1) is 0 Å². The molecule has 2 fully saturated rings. The van der Waals surface area contributed by atoms with Crippen LogP contribution in [0.5, 0.6) is 0 Å². The van der Waals surface area contributed by atoms with E-state index >= 15 is 0 Å². The first-order valence-corrected chi connectivity index (χ1v) is 7.71. The van der Waals surface area contributed by atoms with Crippen LogP contribution in [0, 0.1) is 5.92 Å². The second-order valence-corrected chi connectivity index (χ2v) is 5.95. The number of piperazine rings is 1. The summed E-state index contributed by atoms with van der Waals surface area (Å²) in [5, 5.41) is 1.17. The van der Waals surface area contributed by atoms with E-state index in [0.29, 0.717) is 11.8 Å². The summed E-state index contributed by atoms with van der Waals surface area (Å²) in [6.07, 6.45) is 2.18. The van der Waals surface area contributed by atoms with Gasteiger partial charge in [0.25, 0.3) is 0 Å². The van der Waals surface area contributed by atoms with E-state index in [4.69, 9.17) is 4.98 Å². The number of anilines is 1. The summed E-state index contributed by atoms with van der Waals surface area (Å²) in [6.45, 7) is 3.40. The van der Waals surface area contributed by atoms with Crippen molar-refractivity contribution in [1.82, 2.24) is 9.88 Å². The molecule has 1 aliphatic carbocycles. The lowest BCUT2D eigenvalue weighted by molar-refractivity contribution is -0.132. The molecule has 4 heteroatoms. The third kappa shape index (κ3) is 2.46. The average Bonchev–Trinajstić information content (AvgIpc) is 3.39. The highest BCUT2D eigenvalue weighted by Gasteiger charge is 2.34. The third-order valence-corrected chi connectivity index (χ3v) is 4.43. The lowest BCUT2D eigenvalue weighted by atomic mass is 10.2. The lowest BCUT2D eigenvalue weighted by Crippen LogP contribution is -2.49. The minimum atomic E-state index is 0.329. The second kappa shape index (κ2) is 5.02. The number of aromatic nitrogens is 1. The summed E-state index contributed by atoms with van der Waals surface area (Å²) in [4.78, 5) is 21.1. The molecule has 2 heterocycles. The minimum absolute atomic E-state index is 0.329. The molecule has 1 saturated heterocycles. The van der Waals surface area contributed by atoms with Crippen molar-refractivity contribution in [2.24, 2.45) is 5.92 Å². The van der Waals surface area contributed by atoms with Crippen molar-refractivity contribution in [1.29, 1.82) is 0 Å². The number of carbonyl (C=O) groups excluding carboxylic acids is 1. The van der Waals surface area contributed by atoms with Crippen molar-refractivity contribution in [3.63, 3.8) is 0 Å². The molecule has 1 aromatic heterocycles. The quantitative estimate of drug-likeness (QED) is 0.847. The third-order valence-electron chi connectivity index (χ3n) is 4.43. The molecule has 108 valence electrons. The van der Waals surface area contributed by atoms with Crippen molar-refractivity contribution in [2.75, 3.05) is 31.1 Å². The highest BCUT2D eigenvalue weighted by molar-refractivity contribution is 5.82. The van der Waals surface area contributed by atoms with Crippen LogP contribution >= 0.6 is 0 Å². The molecule has 2 aromatic rings. The Labute approximate surface area is 124 Å². The number of rotatable bonds is 2. The fourth-order valence-corrected chi connectivity index (χ4v) is 2.98. The average molecular weight is 281 g/mol. The topological polar surface area (TPSA) is 36.4 Å². The highest BCUT2D eigenvalue weighted by Crippen LogP contribution is 2.31. The van der Waals surface area contributed by atoms with Gasteiger partial charge >= 0.3 is 0 Å². The van der Waals surface area contributed by atoms with Gasteiger partial charge in [0.2, 0.25) is 5.91 Å². The number of hydrogen-bond donors (Lipinski definition) is 0. The van der Waals surface area contributed by atoms with Crippen molar-refractivity contribution >= 4 is 22.6 Å². The fraction of sp³-hybridized carbons (Fsp3) is 0.412. The Balaban J connectivity index is 1.48. The van der Waals surface area contributed by atoms with Gasteiger partial charge in [0.1, 0.15) is 5.82 Å². The number of nitrogens with zero attached hydrogens (tertiary/aromatic N) is 3. The predicted octanol–water partition coefficient (Wildman–Crippen LogP) is 2.29. The molecule has 1 saturated carbocycles. The first-order chi connectivity index (χ1) is 10.3. The molecule has 0 spiro atoms. The van der Waals surface area contributed by atoms with E-state index in [1.807, 2.05) is 23.1 Å². The molecule has 0 radical (unpaired) electrons. The normalized spacial score (nSPS) is 19.0. The second-order valence-electron chi connectivity index (χ2n) is 5.95. The number of carbonyl (C=O) groups is 1. The van der Waals surface area contributed by atoms with E-state index in [0.717, 1.165) is 50.4 Å². The number of amides is 1. The van der Waals surface area contributed by atoms with E-state index in [1.54, 1.807) is 0 Å². The summed E-state index contributed by atoms with van der Waals surface area (Å²) in [5.41, 5.74) is 1.03. The Morgan fingerprint density at radius 2 is 1.76 bits per heavy atom. The smallest absolute Gasteiger partial charge is 0.225 e. The van der Waals surface area contributed by atoms with Crippen molar-refractivity contribution in [2.45, 2.75) is 12.8 Å².